The molecule has 1 saturated carbocycles. The molecule has 132 valence electrons. The van der Waals surface area contributed by atoms with Crippen molar-refractivity contribution in [2.45, 2.75) is 69.2 Å². The van der Waals surface area contributed by atoms with Crippen LogP contribution in [-0.2, 0) is 4.79 Å². The van der Waals surface area contributed by atoms with Crippen LogP contribution in [-0.4, -0.2) is 33.7 Å². The molecular formula is C18H23N5O2. The lowest BCUT2D eigenvalue weighted by Crippen LogP contribution is -2.40. The summed E-state index contributed by atoms with van der Waals surface area (Å²) >= 11 is 0. The van der Waals surface area contributed by atoms with Gasteiger partial charge in [0.25, 0.3) is 0 Å². The van der Waals surface area contributed by atoms with Crippen molar-refractivity contribution < 1.29 is 9.53 Å². The van der Waals surface area contributed by atoms with Gasteiger partial charge >= 0.3 is 0 Å². The topological polar surface area (TPSA) is 88.8 Å². The SMILES string of the molecule is C#CCCC1(CCC(=O)NC2CCC(Oc3cnccn3)CC2)N=N1. The number of rotatable bonds is 8. The number of nitrogens with zero attached hydrogens (tertiary/aromatic N) is 4. The molecule has 0 radical (unpaired) electrons. The lowest BCUT2D eigenvalue weighted by molar-refractivity contribution is -0.122. The summed E-state index contributed by atoms with van der Waals surface area (Å²) < 4.78 is 5.82. The number of terminal acetylenes is 1. The summed E-state index contributed by atoms with van der Waals surface area (Å²) in [6.45, 7) is 0. The normalized spacial score (nSPS) is 23.5. The van der Waals surface area contributed by atoms with Crippen molar-refractivity contribution in [1.82, 2.24) is 15.3 Å². The molecular weight excluding hydrogens is 318 g/mol. The second-order valence-electron chi connectivity index (χ2n) is 6.59. The maximum Gasteiger partial charge on any atom is 0.232 e. The molecule has 0 saturated heterocycles. The van der Waals surface area contributed by atoms with Crippen molar-refractivity contribution in [3.05, 3.63) is 18.6 Å². The van der Waals surface area contributed by atoms with Gasteiger partial charge in [0, 0.05) is 44.1 Å². The smallest absolute Gasteiger partial charge is 0.232 e. The Bertz CT molecular complexity index is 641. The molecule has 1 aromatic rings. The van der Waals surface area contributed by atoms with E-state index < -0.39 is 0 Å². The molecule has 0 spiro atoms. The van der Waals surface area contributed by atoms with Gasteiger partial charge in [-0.1, -0.05) is 0 Å². The third-order valence-corrected chi connectivity index (χ3v) is 4.67. The Morgan fingerprint density at radius 3 is 2.72 bits per heavy atom. The molecule has 1 aliphatic carbocycles. The number of aromatic nitrogens is 2. The van der Waals surface area contributed by atoms with Crippen molar-refractivity contribution in [2.75, 3.05) is 0 Å². The first-order valence-corrected chi connectivity index (χ1v) is 8.79. The average molecular weight is 341 g/mol. The predicted molar refractivity (Wildman–Crippen MR) is 91.7 cm³/mol. The van der Waals surface area contributed by atoms with Crippen LogP contribution in [0.25, 0.3) is 0 Å². The van der Waals surface area contributed by atoms with E-state index in [1.54, 1.807) is 18.6 Å². The highest BCUT2D eigenvalue weighted by Crippen LogP contribution is 2.37. The van der Waals surface area contributed by atoms with Gasteiger partial charge in [0.15, 0.2) is 5.66 Å². The van der Waals surface area contributed by atoms with E-state index >= 15 is 0 Å². The number of ether oxygens (including phenoxy) is 1. The van der Waals surface area contributed by atoms with Gasteiger partial charge < -0.3 is 10.1 Å². The first-order chi connectivity index (χ1) is 12.2. The summed E-state index contributed by atoms with van der Waals surface area (Å²) in [4.78, 5) is 20.3. The van der Waals surface area contributed by atoms with E-state index in [1.165, 1.54) is 0 Å². The molecule has 0 aromatic carbocycles. The number of carbonyl (C=O) groups is 1. The Hall–Kier alpha value is -2.49. The van der Waals surface area contributed by atoms with Crippen LogP contribution in [0.4, 0.5) is 0 Å². The Kier molecular flexibility index (Phi) is 5.59. The number of hydrogen-bond acceptors (Lipinski definition) is 6. The molecule has 3 rings (SSSR count). The fourth-order valence-electron chi connectivity index (χ4n) is 3.12. The molecule has 0 unspecified atom stereocenters. The molecule has 2 heterocycles. The molecule has 1 amide bonds. The third kappa shape index (κ3) is 5.24. The van der Waals surface area contributed by atoms with Gasteiger partial charge in [0.05, 0.1) is 6.20 Å². The zero-order valence-electron chi connectivity index (χ0n) is 14.2. The van der Waals surface area contributed by atoms with E-state index in [0.29, 0.717) is 25.1 Å². The minimum Gasteiger partial charge on any atom is -0.473 e. The van der Waals surface area contributed by atoms with Gasteiger partial charge in [-0.25, -0.2) is 4.98 Å². The number of carbonyl (C=O) groups excluding carboxylic acids is 1. The van der Waals surface area contributed by atoms with Crippen molar-refractivity contribution in [3.8, 4) is 18.2 Å². The summed E-state index contributed by atoms with van der Waals surface area (Å²) in [5.74, 6) is 3.22. The van der Waals surface area contributed by atoms with E-state index in [4.69, 9.17) is 11.2 Å². The van der Waals surface area contributed by atoms with Crippen LogP contribution in [0.5, 0.6) is 5.88 Å². The molecule has 7 heteroatoms. The summed E-state index contributed by atoms with van der Waals surface area (Å²) in [5, 5.41) is 11.2. The maximum atomic E-state index is 12.1. The van der Waals surface area contributed by atoms with Gasteiger partial charge in [0.1, 0.15) is 6.10 Å². The van der Waals surface area contributed by atoms with Gasteiger partial charge in [0.2, 0.25) is 11.8 Å². The molecule has 1 fully saturated rings. The average Bonchev–Trinajstić information content (AvgIpc) is 3.41. The second-order valence-corrected chi connectivity index (χ2v) is 6.59. The fourth-order valence-corrected chi connectivity index (χ4v) is 3.12. The first kappa shape index (κ1) is 17.3. The third-order valence-electron chi connectivity index (χ3n) is 4.67. The number of hydrogen-bond donors (Lipinski definition) is 1. The predicted octanol–water partition coefficient (Wildman–Crippen LogP) is 2.64. The molecule has 1 aliphatic heterocycles. The number of nitrogens with one attached hydrogen (secondary N) is 1. The van der Waals surface area contributed by atoms with Crippen LogP contribution >= 0.6 is 0 Å². The van der Waals surface area contributed by atoms with Crippen LogP contribution in [0, 0.1) is 12.3 Å². The van der Waals surface area contributed by atoms with Crippen LogP contribution in [0.2, 0.25) is 0 Å². The first-order valence-electron chi connectivity index (χ1n) is 8.79. The summed E-state index contributed by atoms with van der Waals surface area (Å²) in [6.07, 6.45) is 16.4. The van der Waals surface area contributed by atoms with E-state index in [9.17, 15) is 4.79 Å². The highest BCUT2D eigenvalue weighted by atomic mass is 16.5. The lowest BCUT2D eigenvalue weighted by Gasteiger charge is -2.29. The van der Waals surface area contributed by atoms with E-state index in [0.717, 1.165) is 32.1 Å². The highest BCUT2D eigenvalue weighted by Gasteiger charge is 2.39. The van der Waals surface area contributed by atoms with Crippen LogP contribution < -0.4 is 10.1 Å². The number of amides is 1. The minimum atomic E-state index is -0.383. The summed E-state index contributed by atoms with van der Waals surface area (Å²) in [7, 11) is 0. The molecule has 25 heavy (non-hydrogen) atoms. The zero-order chi connectivity index (χ0) is 17.5. The molecule has 0 bridgehead atoms. The van der Waals surface area contributed by atoms with Crippen molar-refractivity contribution >= 4 is 5.91 Å². The Morgan fingerprint density at radius 2 is 2.08 bits per heavy atom. The van der Waals surface area contributed by atoms with Gasteiger partial charge in [-0.15, -0.1) is 12.3 Å². The summed E-state index contributed by atoms with van der Waals surface area (Å²) in [6, 6.07) is 0.212. The highest BCUT2D eigenvalue weighted by molar-refractivity contribution is 5.76. The van der Waals surface area contributed by atoms with Crippen LogP contribution in [0.15, 0.2) is 28.8 Å². The second kappa shape index (κ2) is 8.06. The van der Waals surface area contributed by atoms with Gasteiger partial charge in [-0.2, -0.15) is 10.2 Å². The van der Waals surface area contributed by atoms with Crippen molar-refractivity contribution in [3.63, 3.8) is 0 Å². The summed E-state index contributed by atoms with van der Waals surface area (Å²) in [5.41, 5.74) is -0.383. The van der Waals surface area contributed by atoms with E-state index in [-0.39, 0.29) is 23.7 Å². The quantitative estimate of drug-likeness (QED) is 0.736. The zero-order valence-corrected chi connectivity index (χ0v) is 14.2. The van der Waals surface area contributed by atoms with Crippen LogP contribution in [0.1, 0.15) is 51.4 Å². The lowest BCUT2D eigenvalue weighted by atomic mass is 9.92. The Balaban J connectivity index is 1.33. The minimum absolute atomic E-state index is 0.0654. The van der Waals surface area contributed by atoms with Gasteiger partial charge in [-0.3, -0.25) is 9.78 Å². The van der Waals surface area contributed by atoms with Crippen LogP contribution in [0.3, 0.4) is 0 Å². The molecule has 1 aromatic heterocycles. The standard InChI is InChI=1S/C18H23N5O2/c1-2-3-9-18(22-23-18)10-8-16(24)21-14-4-6-15(7-5-14)25-17-13-19-11-12-20-17/h1,11-15H,3-10H2,(H,21,24). The van der Waals surface area contributed by atoms with E-state index in [1.807, 2.05) is 0 Å². The largest absolute Gasteiger partial charge is 0.473 e. The monoisotopic (exact) mass is 341 g/mol. The van der Waals surface area contributed by atoms with Crippen molar-refractivity contribution in [2.24, 2.45) is 10.2 Å². The maximum absolute atomic E-state index is 12.1. The van der Waals surface area contributed by atoms with E-state index in [2.05, 4.69) is 31.4 Å². The fraction of sp³-hybridized carbons (Fsp3) is 0.611. The molecule has 1 N–H and O–H groups in total. The molecule has 2 aliphatic rings. The molecule has 7 nitrogen and oxygen atoms in total. The van der Waals surface area contributed by atoms with Gasteiger partial charge in [-0.05, 0) is 25.7 Å². The Morgan fingerprint density at radius 1 is 1.28 bits per heavy atom. The van der Waals surface area contributed by atoms with Crippen molar-refractivity contribution in [1.29, 1.82) is 0 Å². The Labute approximate surface area is 147 Å². The molecule has 0 atom stereocenters.